The van der Waals surface area contributed by atoms with Gasteiger partial charge in [0, 0.05) is 31.5 Å². The Kier molecular flexibility index (Phi) is 11.5. The molecule has 2 unspecified atom stereocenters. The first-order valence-electron chi connectivity index (χ1n) is 10.6. The Morgan fingerprint density at radius 1 is 1.07 bits per heavy atom. The number of amides is 2. The Morgan fingerprint density at radius 2 is 1.78 bits per heavy atom. The molecule has 0 radical (unpaired) electrons. The summed E-state index contributed by atoms with van der Waals surface area (Å²) in [6.07, 6.45) is 6.11. The van der Waals surface area contributed by atoms with E-state index in [1.807, 2.05) is 23.1 Å². The molecule has 0 aromatic heterocycles. The van der Waals surface area contributed by atoms with Crippen molar-refractivity contribution in [3.05, 3.63) is 35.9 Å². The summed E-state index contributed by atoms with van der Waals surface area (Å²) in [5, 5.41) is 2.98. The Hall–Kier alpha value is -1.84. The topological polar surface area (TPSA) is 49.4 Å². The van der Waals surface area contributed by atoms with Gasteiger partial charge in [-0.05, 0) is 38.2 Å². The summed E-state index contributed by atoms with van der Waals surface area (Å²) >= 11 is 0. The first-order chi connectivity index (χ1) is 13.0. The highest BCUT2D eigenvalue weighted by molar-refractivity contribution is 5.80. The fourth-order valence-corrected chi connectivity index (χ4v) is 3.26. The Morgan fingerprint density at radius 3 is 2.37 bits per heavy atom. The Bertz CT molecular complexity index is 545. The fourth-order valence-electron chi connectivity index (χ4n) is 3.26. The maximum atomic E-state index is 13.0. The molecule has 0 saturated carbocycles. The van der Waals surface area contributed by atoms with Crippen molar-refractivity contribution in [2.24, 2.45) is 5.92 Å². The van der Waals surface area contributed by atoms with Gasteiger partial charge in [0.1, 0.15) is 0 Å². The van der Waals surface area contributed by atoms with Gasteiger partial charge in [-0.15, -0.1) is 0 Å². The van der Waals surface area contributed by atoms with Gasteiger partial charge in [-0.25, -0.2) is 0 Å². The molecule has 1 aromatic rings. The number of carbonyl (C=O) groups is 2. The van der Waals surface area contributed by atoms with Crippen LogP contribution in [-0.2, 0) is 16.0 Å². The minimum Gasteiger partial charge on any atom is -0.356 e. The smallest absolute Gasteiger partial charge is 0.225 e. The molecule has 1 rings (SSSR count). The first kappa shape index (κ1) is 23.2. The van der Waals surface area contributed by atoms with Crippen LogP contribution in [0.15, 0.2) is 30.3 Å². The molecule has 152 valence electrons. The molecule has 4 nitrogen and oxygen atoms in total. The average Bonchev–Trinajstić information content (AvgIpc) is 2.69. The van der Waals surface area contributed by atoms with Gasteiger partial charge in [0.15, 0.2) is 0 Å². The second-order valence-electron chi connectivity index (χ2n) is 7.37. The molecular formula is C23H38N2O2. The van der Waals surface area contributed by atoms with Crippen LogP contribution in [-0.4, -0.2) is 35.8 Å². The van der Waals surface area contributed by atoms with Gasteiger partial charge in [-0.1, -0.05) is 63.9 Å². The number of benzene rings is 1. The number of carbonyl (C=O) groups excluding carboxylic acids is 2. The minimum atomic E-state index is 0.0219. The van der Waals surface area contributed by atoms with Crippen molar-refractivity contribution < 1.29 is 9.59 Å². The Labute approximate surface area is 165 Å². The largest absolute Gasteiger partial charge is 0.356 e. The standard InChI is InChI=1S/C23H38N2O2/c1-5-8-14-21(7-3)23(27)25(19(4)6-2)18-16-22(26)24-17-15-20-12-10-9-11-13-20/h9-13,19,21H,5-8,14-18H2,1-4H3,(H,24,26). The van der Waals surface area contributed by atoms with Crippen molar-refractivity contribution in [2.75, 3.05) is 13.1 Å². The molecule has 0 aliphatic heterocycles. The third-order valence-electron chi connectivity index (χ3n) is 5.31. The van der Waals surface area contributed by atoms with Crippen molar-refractivity contribution in [1.29, 1.82) is 0 Å². The van der Waals surface area contributed by atoms with E-state index in [-0.39, 0.29) is 23.8 Å². The van der Waals surface area contributed by atoms with Crippen molar-refractivity contribution in [3.8, 4) is 0 Å². The van der Waals surface area contributed by atoms with E-state index in [1.165, 1.54) is 5.56 Å². The van der Waals surface area contributed by atoms with Gasteiger partial charge in [-0.3, -0.25) is 9.59 Å². The molecule has 0 spiro atoms. The maximum Gasteiger partial charge on any atom is 0.225 e. The third kappa shape index (κ3) is 8.59. The predicted octanol–water partition coefficient (Wildman–Crippen LogP) is 4.58. The van der Waals surface area contributed by atoms with Gasteiger partial charge >= 0.3 is 0 Å². The SMILES string of the molecule is CCCCC(CC)C(=O)N(CCC(=O)NCCc1ccccc1)C(C)CC. The number of nitrogens with zero attached hydrogens (tertiary/aromatic N) is 1. The quantitative estimate of drug-likeness (QED) is 0.549. The number of hydrogen-bond acceptors (Lipinski definition) is 2. The molecule has 0 aliphatic carbocycles. The van der Waals surface area contributed by atoms with Crippen LogP contribution in [0.2, 0.25) is 0 Å². The van der Waals surface area contributed by atoms with Crippen molar-refractivity contribution in [3.63, 3.8) is 0 Å². The van der Waals surface area contributed by atoms with Crippen LogP contribution >= 0.6 is 0 Å². The molecule has 1 aromatic carbocycles. The minimum absolute atomic E-state index is 0.0219. The summed E-state index contributed by atoms with van der Waals surface area (Å²) in [5.74, 6) is 0.325. The summed E-state index contributed by atoms with van der Waals surface area (Å²) < 4.78 is 0. The van der Waals surface area contributed by atoms with Gasteiger partial charge in [0.25, 0.3) is 0 Å². The highest BCUT2D eigenvalue weighted by atomic mass is 16.2. The van der Waals surface area contributed by atoms with Crippen LogP contribution in [0.4, 0.5) is 0 Å². The van der Waals surface area contributed by atoms with E-state index in [4.69, 9.17) is 0 Å². The van der Waals surface area contributed by atoms with E-state index in [0.29, 0.717) is 19.5 Å². The zero-order chi connectivity index (χ0) is 20.1. The van der Waals surface area contributed by atoms with E-state index >= 15 is 0 Å². The lowest BCUT2D eigenvalue weighted by Crippen LogP contribution is -2.44. The third-order valence-corrected chi connectivity index (χ3v) is 5.31. The molecule has 27 heavy (non-hydrogen) atoms. The summed E-state index contributed by atoms with van der Waals surface area (Å²) in [6.45, 7) is 9.56. The molecule has 0 saturated heterocycles. The lowest BCUT2D eigenvalue weighted by Gasteiger charge is -2.32. The number of unbranched alkanes of at least 4 members (excludes halogenated alkanes) is 1. The zero-order valence-electron chi connectivity index (χ0n) is 17.7. The van der Waals surface area contributed by atoms with Crippen LogP contribution in [0.1, 0.15) is 71.8 Å². The first-order valence-corrected chi connectivity index (χ1v) is 10.6. The number of nitrogens with one attached hydrogen (secondary N) is 1. The molecule has 0 bridgehead atoms. The summed E-state index contributed by atoms with van der Waals surface area (Å²) in [4.78, 5) is 27.2. The molecule has 1 N–H and O–H groups in total. The molecule has 2 atom stereocenters. The normalized spacial score (nSPS) is 13.0. The van der Waals surface area contributed by atoms with Crippen LogP contribution in [0, 0.1) is 5.92 Å². The van der Waals surface area contributed by atoms with Crippen molar-refractivity contribution in [2.45, 2.75) is 78.7 Å². The predicted molar refractivity (Wildman–Crippen MR) is 113 cm³/mol. The van der Waals surface area contributed by atoms with E-state index in [2.05, 4.69) is 45.1 Å². The van der Waals surface area contributed by atoms with Gasteiger partial charge in [-0.2, -0.15) is 0 Å². The maximum absolute atomic E-state index is 13.0. The van der Waals surface area contributed by atoms with Crippen LogP contribution < -0.4 is 5.32 Å². The average molecular weight is 375 g/mol. The van der Waals surface area contributed by atoms with Crippen LogP contribution in [0.25, 0.3) is 0 Å². The summed E-state index contributed by atoms with van der Waals surface area (Å²) in [6, 6.07) is 10.3. The van der Waals surface area contributed by atoms with Crippen molar-refractivity contribution in [1.82, 2.24) is 10.2 Å². The zero-order valence-corrected chi connectivity index (χ0v) is 17.7. The lowest BCUT2D eigenvalue weighted by atomic mass is 9.96. The van der Waals surface area contributed by atoms with E-state index in [0.717, 1.165) is 38.5 Å². The Balaban J connectivity index is 2.50. The van der Waals surface area contributed by atoms with Gasteiger partial charge in [0.05, 0.1) is 0 Å². The van der Waals surface area contributed by atoms with Gasteiger partial charge < -0.3 is 10.2 Å². The number of rotatable bonds is 13. The summed E-state index contributed by atoms with van der Waals surface area (Å²) in [5.41, 5.74) is 1.22. The summed E-state index contributed by atoms with van der Waals surface area (Å²) in [7, 11) is 0. The van der Waals surface area contributed by atoms with Crippen LogP contribution in [0.5, 0.6) is 0 Å². The monoisotopic (exact) mass is 374 g/mol. The van der Waals surface area contributed by atoms with E-state index in [9.17, 15) is 9.59 Å². The molecule has 4 heteroatoms. The van der Waals surface area contributed by atoms with Crippen LogP contribution in [0.3, 0.4) is 0 Å². The van der Waals surface area contributed by atoms with E-state index < -0.39 is 0 Å². The molecule has 2 amide bonds. The van der Waals surface area contributed by atoms with Gasteiger partial charge in [0.2, 0.25) is 11.8 Å². The van der Waals surface area contributed by atoms with E-state index in [1.54, 1.807) is 0 Å². The highest BCUT2D eigenvalue weighted by Crippen LogP contribution is 2.19. The fraction of sp³-hybridized carbons (Fsp3) is 0.652. The second kappa shape index (κ2) is 13.3. The number of hydrogen-bond donors (Lipinski definition) is 1. The second-order valence-corrected chi connectivity index (χ2v) is 7.37. The molecule has 0 aliphatic rings. The molecule has 0 fully saturated rings. The molecular weight excluding hydrogens is 336 g/mol. The lowest BCUT2D eigenvalue weighted by molar-refractivity contribution is -0.138. The van der Waals surface area contributed by atoms with Crippen molar-refractivity contribution >= 4 is 11.8 Å². The molecule has 0 heterocycles. The highest BCUT2D eigenvalue weighted by Gasteiger charge is 2.25.